The van der Waals surface area contributed by atoms with Crippen molar-refractivity contribution in [1.82, 2.24) is 15.2 Å². The highest BCUT2D eigenvalue weighted by Crippen LogP contribution is 2.30. The molecule has 0 amide bonds. The minimum Gasteiger partial charge on any atom is -0.426 e. The van der Waals surface area contributed by atoms with Gasteiger partial charge in [-0.3, -0.25) is 4.79 Å². The summed E-state index contributed by atoms with van der Waals surface area (Å²) >= 11 is 0. The Morgan fingerprint density at radius 2 is 2.19 bits per heavy atom. The topological polar surface area (TPSA) is 57.4 Å². The van der Waals surface area contributed by atoms with Crippen molar-refractivity contribution in [2.45, 2.75) is 6.42 Å². The smallest absolute Gasteiger partial charge is 0.316 e. The number of nitrogens with zero attached hydrogens (tertiary/aromatic N) is 1. The summed E-state index contributed by atoms with van der Waals surface area (Å²) in [6.07, 6.45) is 2.93. The summed E-state index contributed by atoms with van der Waals surface area (Å²) in [5.74, 6) is 0.518. The van der Waals surface area contributed by atoms with Crippen molar-refractivity contribution in [3.05, 3.63) is 30.0 Å². The molecule has 2 heterocycles. The average molecular weight is 287 g/mol. The molecule has 0 saturated carbocycles. The molecule has 1 fully saturated rings. The number of H-pyrrole nitrogens is 1. The molecule has 1 aromatic carbocycles. The molecule has 0 unspecified atom stereocenters. The van der Waals surface area contributed by atoms with E-state index in [0.717, 1.165) is 37.0 Å². The second kappa shape index (κ2) is 5.87. The van der Waals surface area contributed by atoms with Gasteiger partial charge in [-0.05, 0) is 38.2 Å². The lowest BCUT2D eigenvalue weighted by Gasteiger charge is -2.24. The lowest BCUT2D eigenvalue weighted by atomic mass is 10.0. The van der Waals surface area contributed by atoms with Gasteiger partial charge in [0.15, 0.2) is 0 Å². The van der Waals surface area contributed by atoms with Gasteiger partial charge in [0.05, 0.1) is 5.92 Å². The van der Waals surface area contributed by atoms with Crippen LogP contribution in [0.3, 0.4) is 0 Å². The first-order valence-corrected chi connectivity index (χ1v) is 7.31. The van der Waals surface area contributed by atoms with Crippen molar-refractivity contribution in [1.29, 1.82) is 0 Å². The van der Waals surface area contributed by atoms with Gasteiger partial charge in [-0.2, -0.15) is 0 Å². The summed E-state index contributed by atoms with van der Waals surface area (Å²) in [7, 11) is 4.11. The average Bonchev–Trinajstić information content (AvgIpc) is 2.78. The fourth-order valence-electron chi connectivity index (χ4n) is 2.49. The van der Waals surface area contributed by atoms with Crippen LogP contribution in [0.4, 0.5) is 0 Å². The molecule has 2 aromatic rings. The van der Waals surface area contributed by atoms with Crippen LogP contribution in [0.15, 0.2) is 24.4 Å². The Morgan fingerprint density at radius 3 is 2.86 bits per heavy atom. The zero-order valence-corrected chi connectivity index (χ0v) is 12.5. The third kappa shape index (κ3) is 2.94. The molecule has 2 N–H and O–H groups in total. The van der Waals surface area contributed by atoms with Gasteiger partial charge in [-0.25, -0.2) is 0 Å². The first-order chi connectivity index (χ1) is 10.1. The Balaban J connectivity index is 1.86. The molecule has 0 radical (unpaired) electrons. The Hall–Kier alpha value is -1.85. The van der Waals surface area contributed by atoms with Gasteiger partial charge >= 0.3 is 5.97 Å². The van der Waals surface area contributed by atoms with Crippen LogP contribution in [-0.2, 0) is 11.2 Å². The van der Waals surface area contributed by atoms with Gasteiger partial charge < -0.3 is 19.9 Å². The number of fused-ring (bicyclic) bond motifs is 1. The van der Waals surface area contributed by atoms with Gasteiger partial charge in [0.2, 0.25) is 0 Å². The molecule has 0 spiro atoms. The van der Waals surface area contributed by atoms with E-state index in [0.29, 0.717) is 5.75 Å². The fraction of sp³-hybridized carbons (Fsp3) is 0.438. The number of esters is 1. The molecule has 5 nitrogen and oxygen atoms in total. The molecule has 1 aliphatic heterocycles. The molecule has 0 aliphatic carbocycles. The SMILES string of the molecule is CN(C)CCc1c[nH]c2cccc(OC(=O)C3CNC3)c12. The number of carbonyl (C=O) groups excluding carboxylic acids is 1. The van der Waals surface area contributed by atoms with Crippen molar-refractivity contribution >= 4 is 16.9 Å². The van der Waals surface area contributed by atoms with Crippen LogP contribution in [0.5, 0.6) is 5.75 Å². The number of hydrogen-bond acceptors (Lipinski definition) is 4. The zero-order valence-electron chi connectivity index (χ0n) is 12.5. The van der Waals surface area contributed by atoms with Crippen molar-refractivity contribution in [3.63, 3.8) is 0 Å². The first-order valence-electron chi connectivity index (χ1n) is 7.31. The number of likely N-dealkylation sites (N-methyl/N-ethyl adjacent to an activating group) is 1. The third-order valence-corrected chi connectivity index (χ3v) is 3.90. The van der Waals surface area contributed by atoms with Crippen LogP contribution in [0.25, 0.3) is 10.9 Å². The molecule has 1 aliphatic rings. The molecular weight excluding hydrogens is 266 g/mol. The maximum atomic E-state index is 12.1. The van der Waals surface area contributed by atoms with Crippen LogP contribution in [-0.4, -0.2) is 49.6 Å². The van der Waals surface area contributed by atoms with Gasteiger partial charge in [0.1, 0.15) is 5.75 Å². The summed E-state index contributed by atoms with van der Waals surface area (Å²) in [5, 5.41) is 4.12. The molecule has 0 atom stereocenters. The highest BCUT2D eigenvalue weighted by Gasteiger charge is 2.27. The van der Waals surface area contributed by atoms with Crippen LogP contribution < -0.4 is 10.1 Å². The summed E-state index contributed by atoms with van der Waals surface area (Å²) in [4.78, 5) is 17.5. The molecule has 5 heteroatoms. The van der Waals surface area contributed by atoms with Gasteiger partial charge in [-0.15, -0.1) is 0 Å². The van der Waals surface area contributed by atoms with E-state index >= 15 is 0 Å². The van der Waals surface area contributed by atoms with E-state index < -0.39 is 0 Å². The minimum atomic E-state index is -0.138. The number of benzene rings is 1. The van der Waals surface area contributed by atoms with E-state index in [9.17, 15) is 4.79 Å². The molecule has 112 valence electrons. The van der Waals surface area contributed by atoms with Crippen LogP contribution in [0, 0.1) is 5.92 Å². The lowest BCUT2D eigenvalue weighted by molar-refractivity contribution is -0.140. The standard InChI is InChI=1S/C16H21N3O2/c1-19(2)7-6-11-10-18-13-4-3-5-14(15(11)13)21-16(20)12-8-17-9-12/h3-5,10,12,17-18H,6-9H2,1-2H3. The van der Waals surface area contributed by atoms with Gasteiger partial charge in [0.25, 0.3) is 0 Å². The van der Waals surface area contributed by atoms with E-state index in [1.54, 1.807) is 0 Å². The number of carbonyl (C=O) groups is 1. The molecule has 1 saturated heterocycles. The van der Waals surface area contributed by atoms with Crippen molar-refractivity contribution in [3.8, 4) is 5.75 Å². The maximum Gasteiger partial charge on any atom is 0.316 e. The number of rotatable bonds is 5. The maximum absolute atomic E-state index is 12.1. The highest BCUT2D eigenvalue weighted by molar-refractivity contribution is 5.91. The molecule has 1 aromatic heterocycles. The number of ether oxygens (including phenoxy) is 1. The fourth-order valence-corrected chi connectivity index (χ4v) is 2.49. The Labute approximate surface area is 124 Å². The highest BCUT2D eigenvalue weighted by atomic mass is 16.5. The van der Waals surface area contributed by atoms with Crippen LogP contribution in [0.1, 0.15) is 5.56 Å². The van der Waals surface area contributed by atoms with Crippen molar-refractivity contribution in [2.24, 2.45) is 5.92 Å². The van der Waals surface area contributed by atoms with E-state index in [4.69, 9.17) is 4.74 Å². The van der Waals surface area contributed by atoms with Crippen LogP contribution >= 0.6 is 0 Å². The van der Waals surface area contributed by atoms with Crippen molar-refractivity contribution < 1.29 is 9.53 Å². The Morgan fingerprint density at radius 1 is 1.38 bits per heavy atom. The zero-order chi connectivity index (χ0) is 14.8. The summed E-state index contributed by atoms with van der Waals surface area (Å²) in [5.41, 5.74) is 2.20. The predicted octanol–water partition coefficient (Wildman–Crippen LogP) is 1.40. The number of hydrogen-bond donors (Lipinski definition) is 2. The van der Waals surface area contributed by atoms with E-state index in [-0.39, 0.29) is 11.9 Å². The monoisotopic (exact) mass is 287 g/mol. The molecule has 0 bridgehead atoms. The molecule has 3 rings (SSSR count). The second-order valence-electron chi connectivity index (χ2n) is 5.82. The predicted molar refractivity (Wildman–Crippen MR) is 82.6 cm³/mol. The Bertz CT molecular complexity index is 644. The summed E-state index contributed by atoms with van der Waals surface area (Å²) < 4.78 is 5.62. The number of nitrogens with one attached hydrogen (secondary N) is 2. The first kappa shape index (κ1) is 14.1. The van der Waals surface area contributed by atoms with Gasteiger partial charge in [0, 0.05) is 36.7 Å². The third-order valence-electron chi connectivity index (χ3n) is 3.90. The van der Waals surface area contributed by atoms with Gasteiger partial charge in [-0.1, -0.05) is 6.07 Å². The quantitative estimate of drug-likeness (QED) is 0.644. The molecule has 21 heavy (non-hydrogen) atoms. The normalized spacial score (nSPS) is 15.4. The summed E-state index contributed by atoms with van der Waals surface area (Å²) in [6.45, 7) is 2.40. The minimum absolute atomic E-state index is 0.00979. The second-order valence-corrected chi connectivity index (χ2v) is 5.82. The number of aromatic amines is 1. The van der Waals surface area contributed by atoms with E-state index in [1.807, 2.05) is 24.4 Å². The largest absolute Gasteiger partial charge is 0.426 e. The van der Waals surface area contributed by atoms with E-state index in [1.165, 1.54) is 5.56 Å². The molecular formula is C16H21N3O2. The Kier molecular flexibility index (Phi) is 3.94. The van der Waals surface area contributed by atoms with Crippen LogP contribution in [0.2, 0.25) is 0 Å². The summed E-state index contributed by atoms with van der Waals surface area (Å²) in [6, 6.07) is 5.80. The number of aromatic nitrogens is 1. The van der Waals surface area contributed by atoms with Crippen molar-refractivity contribution in [2.75, 3.05) is 33.7 Å². The lowest BCUT2D eigenvalue weighted by Crippen LogP contribution is -2.48. The van der Waals surface area contributed by atoms with E-state index in [2.05, 4.69) is 29.3 Å².